The predicted octanol–water partition coefficient (Wildman–Crippen LogP) is 18.1. The minimum atomic E-state index is 0.775. The Labute approximate surface area is 367 Å². The molecule has 0 saturated carbocycles. The van der Waals surface area contributed by atoms with E-state index in [1.54, 1.807) is 0 Å². The van der Waals surface area contributed by atoms with Gasteiger partial charge in [-0.2, -0.15) is 17.5 Å². The summed E-state index contributed by atoms with van der Waals surface area (Å²) in [4.78, 5) is 2.60. The fourth-order valence-corrected chi connectivity index (χ4v) is 12.2. The van der Waals surface area contributed by atoms with E-state index in [4.69, 9.17) is 17.5 Å². The van der Waals surface area contributed by atoms with E-state index in [9.17, 15) is 0 Å². The van der Waals surface area contributed by atoms with Crippen molar-refractivity contribution in [2.24, 2.45) is 11.8 Å². The van der Waals surface area contributed by atoms with Crippen LogP contribution in [0.15, 0.2) is 35.0 Å². The normalized spacial score (nSPS) is 13.1. The number of benzene rings is 2. The lowest BCUT2D eigenvalue weighted by molar-refractivity contribution is 0.402. The van der Waals surface area contributed by atoms with Gasteiger partial charge < -0.3 is 0 Å². The third-order valence-corrected chi connectivity index (χ3v) is 15.7. The third-order valence-electron chi connectivity index (χ3n) is 12.6. The Morgan fingerprint density at radius 2 is 0.724 bits per heavy atom. The summed E-state index contributed by atoms with van der Waals surface area (Å²) in [5, 5.41) is 7.15. The molecule has 2 unspecified atom stereocenters. The molecule has 316 valence electrons. The maximum Gasteiger partial charge on any atom is 0.114 e. The number of aromatic nitrogens is 4. The second-order valence-electron chi connectivity index (χ2n) is 17.5. The van der Waals surface area contributed by atoms with Crippen molar-refractivity contribution in [3.8, 4) is 20.9 Å². The number of nitrogens with zero attached hydrogens (tertiary/aromatic N) is 4. The lowest BCUT2D eigenvalue weighted by Gasteiger charge is -2.16. The van der Waals surface area contributed by atoms with Crippen LogP contribution in [0.25, 0.3) is 53.7 Å². The SMILES string of the molecule is CCCCCCCCC(CCCCCC)Cc1csc(-c2cc3c(cc(-c4cc(CC(CCCCCC)CCCCCCCC)cs4)c4nsnc43)c3nsnc23)c1. The van der Waals surface area contributed by atoms with Crippen molar-refractivity contribution in [2.75, 3.05) is 0 Å². The molecule has 0 N–H and O–H groups in total. The highest BCUT2D eigenvalue weighted by Gasteiger charge is 2.22. The van der Waals surface area contributed by atoms with E-state index in [0.717, 1.165) is 44.7 Å². The van der Waals surface area contributed by atoms with Crippen LogP contribution in [0.3, 0.4) is 0 Å². The Morgan fingerprint density at radius 1 is 0.397 bits per heavy atom. The highest BCUT2D eigenvalue weighted by atomic mass is 32.1. The minimum Gasteiger partial charge on any atom is -0.172 e. The van der Waals surface area contributed by atoms with Crippen LogP contribution in [0.2, 0.25) is 0 Å². The highest BCUT2D eigenvalue weighted by molar-refractivity contribution is 7.14. The van der Waals surface area contributed by atoms with Gasteiger partial charge in [-0.25, -0.2) is 0 Å². The number of fused-ring (bicyclic) bond motifs is 5. The summed E-state index contributed by atoms with van der Waals surface area (Å²) in [6, 6.07) is 9.64. The first-order chi connectivity index (χ1) is 28.6. The summed E-state index contributed by atoms with van der Waals surface area (Å²) in [6.45, 7) is 9.26. The molecule has 4 heterocycles. The molecule has 0 radical (unpaired) electrons. The Hall–Kier alpha value is -2.26. The maximum absolute atomic E-state index is 4.96. The number of unbranched alkanes of at least 4 members (excludes halogenated alkanes) is 16. The monoisotopic (exact) mass is 856 g/mol. The molecule has 2 aromatic carbocycles. The first-order valence-corrected chi connectivity index (χ1v) is 26.8. The molecule has 58 heavy (non-hydrogen) atoms. The van der Waals surface area contributed by atoms with Crippen molar-refractivity contribution in [3.05, 3.63) is 46.2 Å². The first-order valence-electron chi connectivity index (χ1n) is 23.6. The molecule has 8 heteroatoms. The molecule has 6 rings (SSSR count). The van der Waals surface area contributed by atoms with Gasteiger partial charge in [-0.05, 0) is 70.8 Å². The van der Waals surface area contributed by atoms with Crippen LogP contribution in [0, 0.1) is 11.8 Å². The fraction of sp³-hybridized carbons (Fsp3) is 0.640. The molecular weight excluding hydrogens is 785 g/mol. The van der Waals surface area contributed by atoms with Crippen molar-refractivity contribution in [1.82, 2.24) is 17.5 Å². The Morgan fingerprint density at radius 3 is 1.10 bits per heavy atom. The number of thiophene rings is 2. The van der Waals surface area contributed by atoms with Crippen LogP contribution in [0.5, 0.6) is 0 Å². The third kappa shape index (κ3) is 12.9. The number of rotatable bonds is 30. The van der Waals surface area contributed by atoms with Gasteiger partial charge in [0.05, 0.1) is 23.5 Å². The van der Waals surface area contributed by atoms with E-state index in [1.807, 2.05) is 22.7 Å². The molecule has 0 amide bonds. The second kappa shape index (κ2) is 24.9. The van der Waals surface area contributed by atoms with Gasteiger partial charge in [0.25, 0.3) is 0 Å². The Kier molecular flexibility index (Phi) is 19.4. The highest BCUT2D eigenvalue weighted by Crippen LogP contribution is 2.43. The summed E-state index contributed by atoms with van der Waals surface area (Å²) in [6.07, 6.45) is 35.2. The predicted molar refractivity (Wildman–Crippen MR) is 260 cm³/mol. The molecule has 0 aliphatic carbocycles. The van der Waals surface area contributed by atoms with Crippen LogP contribution in [0.4, 0.5) is 0 Å². The molecule has 0 spiro atoms. The molecule has 4 nitrogen and oxygen atoms in total. The van der Waals surface area contributed by atoms with E-state index in [-0.39, 0.29) is 0 Å². The zero-order chi connectivity index (χ0) is 40.4. The zero-order valence-corrected chi connectivity index (χ0v) is 39.7. The summed E-state index contributed by atoms with van der Waals surface area (Å²) in [5.74, 6) is 1.55. The van der Waals surface area contributed by atoms with Crippen molar-refractivity contribution < 1.29 is 0 Å². The van der Waals surface area contributed by atoms with Crippen molar-refractivity contribution in [1.29, 1.82) is 0 Å². The van der Waals surface area contributed by atoms with Gasteiger partial charge in [0.2, 0.25) is 0 Å². The van der Waals surface area contributed by atoms with E-state index in [1.165, 1.54) is 222 Å². The molecule has 0 aliphatic rings. The minimum absolute atomic E-state index is 0.775. The van der Waals surface area contributed by atoms with Gasteiger partial charge in [-0.15, -0.1) is 22.7 Å². The van der Waals surface area contributed by atoms with Gasteiger partial charge >= 0.3 is 0 Å². The lowest BCUT2D eigenvalue weighted by Crippen LogP contribution is -2.05. The summed E-state index contributed by atoms with van der Waals surface area (Å²) >= 11 is 6.43. The van der Waals surface area contributed by atoms with Crippen LogP contribution in [-0.4, -0.2) is 17.5 Å². The van der Waals surface area contributed by atoms with Crippen LogP contribution in [0.1, 0.15) is 193 Å². The topological polar surface area (TPSA) is 51.6 Å². The Bertz CT molecular complexity index is 1910. The van der Waals surface area contributed by atoms with Gasteiger partial charge in [-0.3, -0.25) is 0 Å². The molecule has 0 fully saturated rings. The van der Waals surface area contributed by atoms with Gasteiger partial charge in [0.15, 0.2) is 0 Å². The zero-order valence-electron chi connectivity index (χ0n) is 36.4. The average Bonchev–Trinajstić information content (AvgIpc) is 4.08. The molecule has 6 aromatic rings. The molecule has 0 aliphatic heterocycles. The van der Waals surface area contributed by atoms with Crippen molar-refractivity contribution in [3.63, 3.8) is 0 Å². The Balaban J connectivity index is 1.21. The maximum atomic E-state index is 4.96. The number of hydrogen-bond acceptors (Lipinski definition) is 8. The van der Waals surface area contributed by atoms with Crippen LogP contribution < -0.4 is 0 Å². The van der Waals surface area contributed by atoms with Gasteiger partial charge in [0.1, 0.15) is 22.1 Å². The van der Waals surface area contributed by atoms with Gasteiger partial charge in [-0.1, -0.05) is 182 Å². The number of hydrogen-bond donors (Lipinski definition) is 0. The molecule has 2 atom stereocenters. The smallest absolute Gasteiger partial charge is 0.114 e. The van der Waals surface area contributed by atoms with Crippen LogP contribution in [-0.2, 0) is 12.8 Å². The summed E-state index contributed by atoms with van der Waals surface area (Å²) in [7, 11) is 0. The molecule has 4 aromatic heterocycles. The summed E-state index contributed by atoms with van der Waals surface area (Å²) in [5.41, 5.74) is 9.42. The lowest BCUT2D eigenvalue weighted by atomic mass is 9.89. The molecule has 0 bridgehead atoms. The van der Waals surface area contributed by atoms with E-state index in [0.29, 0.717) is 0 Å². The second-order valence-corrected chi connectivity index (χ2v) is 20.3. The molecule has 0 saturated heterocycles. The quantitative estimate of drug-likeness (QED) is 0.0424. The largest absolute Gasteiger partial charge is 0.172 e. The van der Waals surface area contributed by atoms with E-state index >= 15 is 0 Å². The van der Waals surface area contributed by atoms with Gasteiger partial charge in [0, 0.05) is 31.7 Å². The van der Waals surface area contributed by atoms with Crippen molar-refractivity contribution in [2.45, 2.75) is 195 Å². The first kappa shape index (κ1) is 45.3. The summed E-state index contributed by atoms with van der Waals surface area (Å²) < 4.78 is 19.8. The van der Waals surface area contributed by atoms with E-state index < -0.39 is 0 Å². The van der Waals surface area contributed by atoms with Crippen LogP contribution >= 0.6 is 46.1 Å². The van der Waals surface area contributed by atoms with Crippen molar-refractivity contribution >= 4 is 79.0 Å². The fourth-order valence-electron chi connectivity index (χ4n) is 9.19. The van der Waals surface area contributed by atoms with E-state index in [2.05, 4.69) is 62.7 Å². The standard InChI is InChI=1S/C50H72N4S4/c1-5-9-13-17-19-23-27-37(25-21-15-11-7-3)29-39-31-45(55-35-39)43-33-41-42(47-49(43)53-57-51-47)34-44(50-48(41)52-58-54-50)46-32-40(36-56-46)30-38(26-22-16-12-8-4)28-24-20-18-14-10-6-2/h31-38H,5-30H2,1-4H3. The molecular formula is C50H72N4S4. The average molecular weight is 857 g/mol.